The summed E-state index contributed by atoms with van der Waals surface area (Å²) in [5.41, 5.74) is 6.11. The van der Waals surface area contributed by atoms with Crippen molar-refractivity contribution in [3.05, 3.63) is 112 Å². The Morgan fingerprint density at radius 3 is 2.43 bits per heavy atom. The summed E-state index contributed by atoms with van der Waals surface area (Å²) in [6.45, 7) is 3.25. The summed E-state index contributed by atoms with van der Waals surface area (Å²) >= 11 is 0. The zero-order valence-corrected chi connectivity index (χ0v) is 26.1. The van der Waals surface area contributed by atoms with Gasteiger partial charge in [0, 0.05) is 43.7 Å². The second-order valence-corrected chi connectivity index (χ2v) is 12.3. The number of pyridine rings is 1. The van der Waals surface area contributed by atoms with Crippen molar-refractivity contribution < 1.29 is 23.8 Å². The Bertz CT molecular complexity index is 1810. The number of aryl methyl sites for hydroxylation is 1. The van der Waals surface area contributed by atoms with Crippen LogP contribution >= 0.6 is 0 Å². The number of piperidine rings is 2. The van der Waals surface area contributed by atoms with E-state index in [0.29, 0.717) is 38.3 Å². The molecule has 12 heteroatoms. The number of nitrogens with zero attached hydrogens (tertiary/aromatic N) is 5. The Kier molecular flexibility index (Phi) is 9.04. The molecule has 2 fully saturated rings. The van der Waals surface area contributed by atoms with Crippen LogP contribution in [0.2, 0.25) is 0 Å². The molecule has 47 heavy (non-hydrogen) atoms. The lowest BCUT2D eigenvalue weighted by atomic mass is 9.79. The monoisotopic (exact) mass is 640 g/mol. The van der Waals surface area contributed by atoms with Crippen LogP contribution in [0.25, 0.3) is 0 Å². The van der Waals surface area contributed by atoms with Crippen molar-refractivity contribution in [3.63, 3.8) is 0 Å². The number of hydrogen-bond acceptors (Lipinski definition) is 8. The van der Waals surface area contributed by atoms with Gasteiger partial charge in [-0.3, -0.25) is 19.0 Å². The number of aliphatic hydroxyl groups is 1. The molecule has 2 aromatic heterocycles. The Labute approximate surface area is 271 Å². The van der Waals surface area contributed by atoms with Crippen LogP contribution < -0.4 is 16.0 Å². The van der Waals surface area contributed by atoms with Crippen LogP contribution in [0.5, 0.6) is 11.6 Å². The molecule has 2 aromatic carbocycles. The van der Waals surface area contributed by atoms with Crippen molar-refractivity contribution in [2.24, 2.45) is 5.92 Å². The lowest BCUT2D eigenvalue weighted by Gasteiger charge is -2.43. The predicted octanol–water partition coefficient (Wildman–Crippen LogP) is 3.76. The Morgan fingerprint density at radius 1 is 1.00 bits per heavy atom. The summed E-state index contributed by atoms with van der Waals surface area (Å²) in [5.74, 6) is -0.960. The molecule has 2 saturated heterocycles. The fourth-order valence-electron chi connectivity index (χ4n) is 6.45. The van der Waals surface area contributed by atoms with Crippen LogP contribution in [0, 0.1) is 18.7 Å². The minimum atomic E-state index is -1.26. The van der Waals surface area contributed by atoms with E-state index in [1.807, 2.05) is 49.4 Å². The second-order valence-electron chi connectivity index (χ2n) is 12.3. The number of aromatic nitrogens is 3. The molecule has 6 rings (SSSR count). The summed E-state index contributed by atoms with van der Waals surface area (Å²) < 4.78 is 20.0. The minimum absolute atomic E-state index is 0.00736. The van der Waals surface area contributed by atoms with Crippen LogP contribution in [-0.4, -0.2) is 73.0 Å². The van der Waals surface area contributed by atoms with E-state index in [1.165, 1.54) is 35.2 Å². The van der Waals surface area contributed by atoms with Crippen LogP contribution in [-0.2, 0) is 11.3 Å². The summed E-state index contributed by atoms with van der Waals surface area (Å²) in [6.07, 6.45) is 2.28. The van der Waals surface area contributed by atoms with Crippen LogP contribution in [0.15, 0.2) is 83.9 Å². The molecular weight excluding hydrogens is 603 g/mol. The average Bonchev–Trinajstić information content (AvgIpc) is 3.09. The Hall–Kier alpha value is -5.10. The Morgan fingerprint density at radius 2 is 1.72 bits per heavy atom. The molecule has 2 atom stereocenters. The van der Waals surface area contributed by atoms with Crippen molar-refractivity contribution in [2.75, 3.05) is 31.9 Å². The number of halogens is 1. The highest BCUT2D eigenvalue weighted by atomic mass is 19.1. The molecule has 0 bridgehead atoms. The molecule has 0 saturated carbocycles. The standard InChI is InChI=1S/C35H37FN6O5/c1-23-6-5-9-29(39-23)33(44)41-17-14-27(28(20-41)24-7-3-2-4-8-24)32(43)40-18-15-35(46,16-19-40)21-42-22-38-31(30(37)34(42)45)47-26-12-10-25(36)11-13-26/h2-13,22,27-28,46H,14-21,37H2,1H3/t27-,28+/m1/s1. The molecule has 2 amide bonds. The van der Waals surface area contributed by atoms with Gasteiger partial charge in [-0.25, -0.2) is 14.4 Å². The van der Waals surface area contributed by atoms with E-state index in [-0.39, 0.29) is 60.4 Å². The number of likely N-dealkylation sites (tertiary alicyclic amines) is 2. The maximum absolute atomic E-state index is 14.0. The maximum atomic E-state index is 14.0. The lowest BCUT2D eigenvalue weighted by molar-refractivity contribution is -0.142. The molecule has 244 valence electrons. The molecule has 2 aliphatic rings. The predicted molar refractivity (Wildman–Crippen MR) is 172 cm³/mol. The van der Waals surface area contributed by atoms with Gasteiger partial charge in [-0.05, 0) is 68.1 Å². The number of carbonyl (C=O) groups is 2. The smallest absolute Gasteiger partial charge is 0.280 e. The van der Waals surface area contributed by atoms with E-state index in [4.69, 9.17) is 10.5 Å². The molecule has 11 nitrogen and oxygen atoms in total. The van der Waals surface area contributed by atoms with Gasteiger partial charge >= 0.3 is 0 Å². The zero-order chi connectivity index (χ0) is 33.1. The highest BCUT2D eigenvalue weighted by molar-refractivity contribution is 5.92. The van der Waals surface area contributed by atoms with Crippen molar-refractivity contribution in [3.8, 4) is 11.6 Å². The molecule has 4 heterocycles. The molecule has 4 aromatic rings. The first-order valence-corrected chi connectivity index (χ1v) is 15.7. The van der Waals surface area contributed by atoms with Crippen LogP contribution in [0.4, 0.5) is 10.1 Å². The van der Waals surface area contributed by atoms with Gasteiger partial charge in [-0.1, -0.05) is 36.4 Å². The third-order valence-corrected chi connectivity index (χ3v) is 9.09. The number of carbonyl (C=O) groups excluding carboxylic acids is 2. The largest absolute Gasteiger partial charge is 0.437 e. The number of hydrogen-bond donors (Lipinski definition) is 2. The van der Waals surface area contributed by atoms with Crippen molar-refractivity contribution in [1.82, 2.24) is 24.3 Å². The fraction of sp³-hybridized carbons (Fsp3) is 0.343. The third kappa shape index (κ3) is 7.02. The number of anilines is 1. The summed E-state index contributed by atoms with van der Waals surface area (Å²) in [4.78, 5) is 52.5. The lowest BCUT2D eigenvalue weighted by Crippen LogP contribution is -2.53. The topological polar surface area (TPSA) is 144 Å². The first kappa shape index (κ1) is 31.9. The molecule has 0 unspecified atom stereocenters. The number of nitrogen functional groups attached to an aromatic ring is 1. The number of ether oxygens (including phenoxy) is 1. The van der Waals surface area contributed by atoms with Gasteiger partial charge in [0.15, 0.2) is 5.69 Å². The summed E-state index contributed by atoms with van der Waals surface area (Å²) in [7, 11) is 0. The van der Waals surface area contributed by atoms with E-state index in [9.17, 15) is 23.9 Å². The summed E-state index contributed by atoms with van der Waals surface area (Å²) in [5, 5.41) is 11.5. The van der Waals surface area contributed by atoms with E-state index in [2.05, 4.69) is 9.97 Å². The van der Waals surface area contributed by atoms with Gasteiger partial charge in [0.1, 0.15) is 23.6 Å². The molecule has 2 aliphatic heterocycles. The molecule has 3 N–H and O–H groups in total. The number of nitrogens with two attached hydrogens (primary N) is 1. The van der Waals surface area contributed by atoms with E-state index < -0.39 is 17.0 Å². The van der Waals surface area contributed by atoms with Crippen molar-refractivity contribution in [1.29, 1.82) is 0 Å². The van der Waals surface area contributed by atoms with Gasteiger partial charge in [-0.2, -0.15) is 0 Å². The minimum Gasteiger partial charge on any atom is -0.437 e. The van der Waals surface area contributed by atoms with Gasteiger partial charge in [0.2, 0.25) is 11.8 Å². The number of amides is 2. The van der Waals surface area contributed by atoms with Crippen molar-refractivity contribution in [2.45, 2.75) is 44.2 Å². The SMILES string of the molecule is Cc1cccc(C(=O)N2CC[C@@H](C(=O)N3CCC(O)(Cn4cnc(Oc5ccc(F)cc5)c(N)c4=O)CC3)[C@H](c3ccccc3)C2)n1. The first-order chi connectivity index (χ1) is 22.6. The van der Waals surface area contributed by atoms with Crippen LogP contribution in [0.3, 0.4) is 0 Å². The quantitative estimate of drug-likeness (QED) is 0.311. The van der Waals surface area contributed by atoms with Gasteiger partial charge in [0.05, 0.1) is 12.1 Å². The Balaban J connectivity index is 1.11. The maximum Gasteiger partial charge on any atom is 0.280 e. The number of rotatable bonds is 7. The third-order valence-electron chi connectivity index (χ3n) is 9.09. The van der Waals surface area contributed by atoms with E-state index in [0.717, 1.165) is 11.3 Å². The molecular formula is C35H37FN6O5. The fourth-order valence-corrected chi connectivity index (χ4v) is 6.45. The molecule has 0 spiro atoms. The van der Waals surface area contributed by atoms with E-state index in [1.54, 1.807) is 15.9 Å². The zero-order valence-electron chi connectivity index (χ0n) is 26.1. The van der Waals surface area contributed by atoms with E-state index >= 15 is 0 Å². The highest BCUT2D eigenvalue weighted by Crippen LogP contribution is 2.36. The second kappa shape index (κ2) is 13.3. The van der Waals surface area contributed by atoms with Gasteiger partial charge in [-0.15, -0.1) is 0 Å². The number of benzene rings is 2. The highest BCUT2D eigenvalue weighted by Gasteiger charge is 2.42. The first-order valence-electron chi connectivity index (χ1n) is 15.7. The normalized spacial score (nSPS) is 19.3. The summed E-state index contributed by atoms with van der Waals surface area (Å²) in [6, 6.07) is 20.4. The van der Waals surface area contributed by atoms with Gasteiger partial charge in [0.25, 0.3) is 11.5 Å². The molecule has 0 aliphatic carbocycles. The molecule has 0 radical (unpaired) electrons. The average molecular weight is 641 g/mol. The van der Waals surface area contributed by atoms with Crippen molar-refractivity contribution >= 4 is 17.5 Å². The van der Waals surface area contributed by atoms with Gasteiger partial charge < -0.3 is 25.4 Å². The van der Waals surface area contributed by atoms with Crippen LogP contribution in [0.1, 0.15) is 46.9 Å².